The first-order valence-electron chi connectivity index (χ1n) is 7.05. The van der Waals surface area contributed by atoms with E-state index in [1.54, 1.807) is 0 Å². The summed E-state index contributed by atoms with van der Waals surface area (Å²) in [6.07, 6.45) is 4.70. The molecule has 2 aliphatic rings. The van der Waals surface area contributed by atoms with E-state index >= 15 is 0 Å². The fourth-order valence-electron chi connectivity index (χ4n) is 2.69. The number of nitrogens with zero attached hydrogens (tertiary/aromatic N) is 1. The summed E-state index contributed by atoms with van der Waals surface area (Å²) >= 11 is 0. The number of rotatable bonds is 5. The van der Waals surface area contributed by atoms with Crippen LogP contribution in [0.25, 0.3) is 0 Å². The fraction of sp³-hybridized carbons (Fsp3) is 0.923. The Bertz CT molecular complexity index is 261. The zero-order chi connectivity index (χ0) is 12.8. The van der Waals surface area contributed by atoms with Gasteiger partial charge in [0.15, 0.2) is 0 Å². The van der Waals surface area contributed by atoms with E-state index in [-0.39, 0.29) is 12.0 Å². The number of carbonyl (C=O) groups excluding carboxylic acids is 1. The van der Waals surface area contributed by atoms with Crippen molar-refractivity contribution in [3.05, 3.63) is 0 Å². The summed E-state index contributed by atoms with van der Waals surface area (Å²) in [6.45, 7) is 4.13. The largest absolute Gasteiger partial charge is 0.376 e. The number of piperidine rings is 1. The van der Waals surface area contributed by atoms with E-state index < -0.39 is 0 Å². The summed E-state index contributed by atoms with van der Waals surface area (Å²) in [5, 5.41) is 6.31. The van der Waals surface area contributed by atoms with Crippen molar-refractivity contribution in [2.45, 2.75) is 37.8 Å². The van der Waals surface area contributed by atoms with Crippen LogP contribution in [0.3, 0.4) is 0 Å². The Morgan fingerprint density at radius 2 is 2.17 bits per heavy atom. The number of ether oxygens (including phenoxy) is 1. The van der Waals surface area contributed by atoms with E-state index in [1.165, 1.54) is 0 Å². The highest BCUT2D eigenvalue weighted by Crippen LogP contribution is 2.11. The lowest BCUT2D eigenvalue weighted by atomic mass is 10.1. The molecule has 2 aliphatic heterocycles. The highest BCUT2D eigenvalue weighted by Gasteiger charge is 2.20. The first-order valence-corrected chi connectivity index (χ1v) is 7.05. The van der Waals surface area contributed by atoms with Crippen molar-refractivity contribution in [2.75, 3.05) is 39.8 Å². The number of nitrogens with one attached hydrogen (secondary N) is 2. The van der Waals surface area contributed by atoms with Gasteiger partial charge < -0.3 is 15.4 Å². The van der Waals surface area contributed by atoms with Gasteiger partial charge >= 0.3 is 0 Å². The van der Waals surface area contributed by atoms with Gasteiger partial charge in [0.2, 0.25) is 5.91 Å². The van der Waals surface area contributed by atoms with Crippen molar-refractivity contribution < 1.29 is 9.53 Å². The monoisotopic (exact) mass is 255 g/mol. The summed E-state index contributed by atoms with van der Waals surface area (Å²) in [5.74, 6) is 0.117. The highest BCUT2D eigenvalue weighted by molar-refractivity contribution is 5.78. The van der Waals surface area contributed by atoms with Crippen molar-refractivity contribution in [3.63, 3.8) is 0 Å². The molecule has 0 aromatic rings. The zero-order valence-electron chi connectivity index (χ0n) is 11.3. The molecule has 2 N–H and O–H groups in total. The lowest BCUT2D eigenvalue weighted by Gasteiger charge is -2.31. The quantitative estimate of drug-likeness (QED) is 0.724. The molecule has 0 radical (unpaired) electrons. The molecular formula is C13H25N3O2. The predicted molar refractivity (Wildman–Crippen MR) is 70.5 cm³/mol. The summed E-state index contributed by atoms with van der Waals surface area (Å²) < 4.78 is 5.49. The molecule has 2 fully saturated rings. The fourth-order valence-corrected chi connectivity index (χ4v) is 2.69. The molecule has 5 nitrogen and oxygen atoms in total. The van der Waals surface area contributed by atoms with Crippen molar-refractivity contribution in [3.8, 4) is 0 Å². The van der Waals surface area contributed by atoms with Gasteiger partial charge in [0.05, 0.1) is 12.6 Å². The molecule has 2 rings (SSSR count). The SMILES string of the molecule is CN(CC(=O)NCC1CCCO1)C1CCNCC1. The van der Waals surface area contributed by atoms with Gasteiger partial charge in [-0.3, -0.25) is 9.69 Å². The molecule has 1 unspecified atom stereocenters. The minimum Gasteiger partial charge on any atom is -0.376 e. The van der Waals surface area contributed by atoms with Crippen LogP contribution in [0, 0.1) is 0 Å². The van der Waals surface area contributed by atoms with E-state index in [4.69, 9.17) is 4.74 Å². The molecule has 1 amide bonds. The molecule has 104 valence electrons. The second-order valence-electron chi connectivity index (χ2n) is 5.34. The van der Waals surface area contributed by atoms with Gasteiger partial charge in [-0.15, -0.1) is 0 Å². The first-order chi connectivity index (χ1) is 8.75. The van der Waals surface area contributed by atoms with E-state index in [2.05, 4.69) is 15.5 Å². The van der Waals surface area contributed by atoms with Crippen molar-refractivity contribution in [1.82, 2.24) is 15.5 Å². The topological polar surface area (TPSA) is 53.6 Å². The lowest BCUT2D eigenvalue weighted by molar-refractivity contribution is -0.123. The van der Waals surface area contributed by atoms with Crippen molar-refractivity contribution in [2.24, 2.45) is 0 Å². The van der Waals surface area contributed by atoms with Crippen LogP contribution in [0.2, 0.25) is 0 Å². The van der Waals surface area contributed by atoms with Crippen LogP contribution in [0.1, 0.15) is 25.7 Å². The van der Waals surface area contributed by atoms with E-state index in [1.807, 2.05) is 7.05 Å². The molecule has 0 bridgehead atoms. The maximum absolute atomic E-state index is 11.8. The maximum Gasteiger partial charge on any atom is 0.234 e. The molecule has 2 heterocycles. The standard InChI is InChI=1S/C13H25N3O2/c1-16(11-4-6-14-7-5-11)10-13(17)15-9-12-3-2-8-18-12/h11-12,14H,2-10H2,1H3,(H,15,17). The van der Waals surface area contributed by atoms with Crippen LogP contribution < -0.4 is 10.6 Å². The number of likely N-dealkylation sites (N-methyl/N-ethyl adjacent to an activating group) is 1. The van der Waals surface area contributed by atoms with Gasteiger partial charge in [0, 0.05) is 19.2 Å². The minimum absolute atomic E-state index is 0.117. The van der Waals surface area contributed by atoms with Gasteiger partial charge in [-0.1, -0.05) is 0 Å². The Balaban J connectivity index is 1.62. The molecule has 1 atom stereocenters. The van der Waals surface area contributed by atoms with Crippen LogP contribution in [-0.2, 0) is 9.53 Å². The summed E-state index contributed by atoms with van der Waals surface area (Å²) in [7, 11) is 2.04. The van der Waals surface area contributed by atoms with Crippen molar-refractivity contribution in [1.29, 1.82) is 0 Å². The third-order valence-corrected chi connectivity index (χ3v) is 3.88. The molecule has 2 saturated heterocycles. The molecule has 0 spiro atoms. The van der Waals surface area contributed by atoms with Gasteiger partial charge in [0.1, 0.15) is 0 Å². The second-order valence-corrected chi connectivity index (χ2v) is 5.34. The average molecular weight is 255 g/mol. The smallest absolute Gasteiger partial charge is 0.234 e. The normalized spacial score (nSPS) is 25.6. The minimum atomic E-state index is 0.117. The van der Waals surface area contributed by atoms with Gasteiger partial charge in [-0.25, -0.2) is 0 Å². The Kier molecular flexibility index (Phi) is 5.41. The van der Waals surface area contributed by atoms with Crippen LogP contribution >= 0.6 is 0 Å². The third kappa shape index (κ3) is 4.23. The average Bonchev–Trinajstić information content (AvgIpc) is 2.90. The molecule has 5 heteroatoms. The number of hydrogen-bond donors (Lipinski definition) is 2. The zero-order valence-corrected chi connectivity index (χ0v) is 11.3. The number of carbonyl (C=O) groups is 1. The van der Waals surface area contributed by atoms with E-state index in [0.29, 0.717) is 19.1 Å². The summed E-state index contributed by atoms with van der Waals surface area (Å²) in [6, 6.07) is 0.541. The molecular weight excluding hydrogens is 230 g/mol. The highest BCUT2D eigenvalue weighted by atomic mass is 16.5. The Labute approximate surface area is 109 Å². The summed E-state index contributed by atoms with van der Waals surface area (Å²) in [4.78, 5) is 14.0. The van der Waals surface area contributed by atoms with Gasteiger partial charge in [-0.2, -0.15) is 0 Å². The first kappa shape index (κ1) is 13.8. The van der Waals surface area contributed by atoms with Gasteiger partial charge in [0.25, 0.3) is 0 Å². The van der Waals surface area contributed by atoms with Crippen LogP contribution in [0.5, 0.6) is 0 Å². The second kappa shape index (κ2) is 7.07. The maximum atomic E-state index is 11.8. The Morgan fingerprint density at radius 1 is 1.39 bits per heavy atom. The van der Waals surface area contributed by atoms with E-state index in [9.17, 15) is 4.79 Å². The van der Waals surface area contributed by atoms with Crippen LogP contribution in [0.15, 0.2) is 0 Å². The van der Waals surface area contributed by atoms with E-state index in [0.717, 1.165) is 45.4 Å². The molecule has 0 saturated carbocycles. The van der Waals surface area contributed by atoms with Crippen LogP contribution in [0.4, 0.5) is 0 Å². The molecule has 18 heavy (non-hydrogen) atoms. The lowest BCUT2D eigenvalue weighted by Crippen LogP contribution is -2.46. The third-order valence-electron chi connectivity index (χ3n) is 3.88. The molecule has 0 aromatic carbocycles. The number of hydrogen-bond acceptors (Lipinski definition) is 4. The molecule has 0 aliphatic carbocycles. The molecule has 0 aromatic heterocycles. The van der Waals surface area contributed by atoms with Crippen LogP contribution in [-0.4, -0.2) is 62.8 Å². The Morgan fingerprint density at radius 3 is 2.83 bits per heavy atom. The number of amides is 1. The summed E-state index contributed by atoms with van der Waals surface area (Å²) in [5.41, 5.74) is 0. The van der Waals surface area contributed by atoms with Crippen molar-refractivity contribution >= 4 is 5.91 Å². The predicted octanol–water partition coefficient (Wildman–Crippen LogP) is -0.0346. The Hall–Kier alpha value is -0.650. The van der Waals surface area contributed by atoms with Gasteiger partial charge in [-0.05, 0) is 45.8 Å².